The first-order valence-corrected chi connectivity index (χ1v) is 8.54. The zero-order chi connectivity index (χ0) is 16.9. The highest BCUT2D eigenvalue weighted by Gasteiger charge is 2.56. The Labute approximate surface area is 141 Å². The number of benzene rings is 1. The number of methoxy groups -OCH3 is 1. The number of likely N-dealkylation sites (tertiary alicyclic amines) is 1. The number of hydrogen-bond acceptors (Lipinski definition) is 4. The Balaban J connectivity index is 1.49. The van der Waals surface area contributed by atoms with E-state index in [2.05, 4.69) is 0 Å². The lowest BCUT2D eigenvalue weighted by Gasteiger charge is -2.56. The molecule has 1 spiro atoms. The fraction of sp³-hybridized carbons (Fsp3) is 0.526. The van der Waals surface area contributed by atoms with Crippen molar-refractivity contribution in [3.63, 3.8) is 0 Å². The van der Waals surface area contributed by atoms with E-state index in [0.29, 0.717) is 25.1 Å². The van der Waals surface area contributed by atoms with E-state index < -0.39 is 0 Å². The number of aliphatic hydroxyl groups excluding tert-OH is 1. The first kappa shape index (κ1) is 15.7. The topological polar surface area (TPSA) is 62.9 Å². The molecule has 1 saturated carbocycles. The van der Waals surface area contributed by atoms with Gasteiger partial charge in [0.25, 0.3) is 5.91 Å². The van der Waals surface area contributed by atoms with E-state index in [1.54, 1.807) is 7.11 Å². The molecule has 1 aromatic carbocycles. The molecule has 4 rings (SSSR count). The number of fused-ring (bicyclic) bond motifs is 1. The SMILES string of the molecule is CO[C@@H]1C[C@H](O)C12CCN(C(=O)c1ccc3oc(C)cc3c1)CC2. The van der Waals surface area contributed by atoms with Crippen LogP contribution < -0.4 is 0 Å². The van der Waals surface area contributed by atoms with Gasteiger partial charge in [0, 0.05) is 43.0 Å². The molecule has 2 atom stereocenters. The largest absolute Gasteiger partial charge is 0.461 e. The summed E-state index contributed by atoms with van der Waals surface area (Å²) in [6, 6.07) is 7.53. The van der Waals surface area contributed by atoms with Crippen molar-refractivity contribution in [2.45, 2.75) is 38.4 Å². The third kappa shape index (κ3) is 2.26. The molecule has 5 heteroatoms. The standard InChI is InChI=1S/C19H23NO4/c1-12-9-14-10-13(3-4-15(14)24-12)18(22)20-7-5-19(6-8-20)16(21)11-17(19)23-2/h3-4,9-10,16-17,21H,5-8,11H2,1-2H3/t16-,17+/m0/s1. The zero-order valence-electron chi connectivity index (χ0n) is 14.1. The Kier molecular flexibility index (Phi) is 3.66. The maximum Gasteiger partial charge on any atom is 0.253 e. The van der Waals surface area contributed by atoms with E-state index in [0.717, 1.165) is 29.6 Å². The molecule has 1 aromatic heterocycles. The number of ether oxygens (including phenoxy) is 1. The fourth-order valence-electron chi connectivity index (χ4n) is 4.33. The molecule has 1 amide bonds. The van der Waals surface area contributed by atoms with Gasteiger partial charge in [-0.15, -0.1) is 0 Å². The van der Waals surface area contributed by atoms with Crippen LogP contribution >= 0.6 is 0 Å². The Bertz CT molecular complexity index is 773. The summed E-state index contributed by atoms with van der Waals surface area (Å²) in [6.07, 6.45) is 2.12. The Morgan fingerprint density at radius 1 is 1.33 bits per heavy atom. The maximum atomic E-state index is 12.8. The smallest absolute Gasteiger partial charge is 0.253 e. The fourth-order valence-corrected chi connectivity index (χ4v) is 4.33. The zero-order valence-corrected chi connectivity index (χ0v) is 14.1. The highest BCUT2D eigenvalue weighted by atomic mass is 16.5. The molecule has 2 fully saturated rings. The van der Waals surface area contributed by atoms with Gasteiger partial charge in [-0.3, -0.25) is 4.79 Å². The number of piperidine rings is 1. The van der Waals surface area contributed by atoms with Gasteiger partial charge in [-0.25, -0.2) is 0 Å². The number of aliphatic hydroxyl groups is 1. The number of nitrogens with zero attached hydrogens (tertiary/aromatic N) is 1. The number of amides is 1. The number of aryl methyl sites for hydroxylation is 1. The second-order valence-corrected chi connectivity index (χ2v) is 7.11. The van der Waals surface area contributed by atoms with Gasteiger partial charge < -0.3 is 19.2 Å². The summed E-state index contributed by atoms with van der Waals surface area (Å²) in [6.45, 7) is 3.23. The normalized spacial score (nSPS) is 25.9. The Hall–Kier alpha value is -1.85. The molecule has 1 N–H and O–H groups in total. The Morgan fingerprint density at radius 3 is 2.75 bits per heavy atom. The quantitative estimate of drug-likeness (QED) is 0.920. The lowest BCUT2D eigenvalue weighted by molar-refractivity contribution is -0.199. The third-order valence-electron chi connectivity index (χ3n) is 5.89. The van der Waals surface area contributed by atoms with Crippen molar-refractivity contribution in [1.29, 1.82) is 0 Å². The Morgan fingerprint density at radius 2 is 2.08 bits per heavy atom. The van der Waals surface area contributed by atoms with Crippen molar-refractivity contribution in [3.05, 3.63) is 35.6 Å². The molecule has 0 radical (unpaired) electrons. The van der Waals surface area contributed by atoms with Gasteiger partial charge in [-0.2, -0.15) is 0 Å². The van der Waals surface area contributed by atoms with Crippen LogP contribution in [0.2, 0.25) is 0 Å². The van der Waals surface area contributed by atoms with Gasteiger partial charge in [0.15, 0.2) is 0 Å². The van der Waals surface area contributed by atoms with Gasteiger partial charge in [0.05, 0.1) is 12.2 Å². The molecule has 24 heavy (non-hydrogen) atoms. The summed E-state index contributed by atoms with van der Waals surface area (Å²) in [7, 11) is 1.71. The van der Waals surface area contributed by atoms with E-state index in [9.17, 15) is 9.90 Å². The van der Waals surface area contributed by atoms with Crippen LogP contribution in [0.3, 0.4) is 0 Å². The van der Waals surface area contributed by atoms with E-state index in [1.165, 1.54) is 0 Å². The van der Waals surface area contributed by atoms with Crippen LogP contribution in [0.4, 0.5) is 0 Å². The molecular weight excluding hydrogens is 306 g/mol. The summed E-state index contributed by atoms with van der Waals surface area (Å²) in [5, 5.41) is 11.2. The lowest BCUT2D eigenvalue weighted by Crippen LogP contribution is -2.62. The number of furan rings is 1. The first-order valence-electron chi connectivity index (χ1n) is 8.54. The lowest BCUT2D eigenvalue weighted by atomic mass is 9.58. The van der Waals surface area contributed by atoms with Crippen molar-refractivity contribution in [3.8, 4) is 0 Å². The van der Waals surface area contributed by atoms with E-state index in [4.69, 9.17) is 9.15 Å². The van der Waals surface area contributed by atoms with Gasteiger partial charge in [-0.1, -0.05) is 0 Å². The molecule has 1 aliphatic heterocycles. The third-order valence-corrected chi connectivity index (χ3v) is 5.89. The predicted octanol–water partition coefficient (Wildman–Crippen LogP) is 2.74. The van der Waals surface area contributed by atoms with Crippen molar-refractivity contribution >= 4 is 16.9 Å². The van der Waals surface area contributed by atoms with E-state index >= 15 is 0 Å². The monoisotopic (exact) mass is 329 g/mol. The number of hydrogen-bond donors (Lipinski definition) is 1. The molecule has 5 nitrogen and oxygen atoms in total. The van der Waals surface area contributed by atoms with Crippen molar-refractivity contribution < 1.29 is 19.1 Å². The molecular formula is C19H23NO4. The molecule has 1 saturated heterocycles. The summed E-state index contributed by atoms with van der Waals surface area (Å²) < 4.78 is 11.1. The molecule has 2 aromatic rings. The van der Waals surface area contributed by atoms with Crippen LogP contribution in [0.25, 0.3) is 11.0 Å². The first-order chi connectivity index (χ1) is 11.5. The number of rotatable bonds is 2. The molecule has 128 valence electrons. The van der Waals surface area contributed by atoms with Crippen molar-refractivity contribution in [1.82, 2.24) is 4.90 Å². The summed E-state index contributed by atoms with van der Waals surface area (Å²) in [5.74, 6) is 0.896. The number of carbonyl (C=O) groups excluding carboxylic acids is 1. The van der Waals surface area contributed by atoms with Gasteiger partial charge in [-0.05, 0) is 44.0 Å². The van der Waals surface area contributed by atoms with Crippen molar-refractivity contribution in [2.75, 3.05) is 20.2 Å². The average molecular weight is 329 g/mol. The molecule has 1 aliphatic carbocycles. The molecule has 0 unspecified atom stereocenters. The minimum atomic E-state index is -0.301. The highest BCUT2D eigenvalue weighted by molar-refractivity contribution is 5.97. The van der Waals surface area contributed by atoms with Crippen LogP contribution in [0.5, 0.6) is 0 Å². The minimum Gasteiger partial charge on any atom is -0.461 e. The summed E-state index contributed by atoms with van der Waals surface area (Å²) >= 11 is 0. The van der Waals surface area contributed by atoms with Crippen LogP contribution in [-0.4, -0.2) is 48.3 Å². The van der Waals surface area contributed by atoms with Gasteiger partial charge in [0.1, 0.15) is 11.3 Å². The van der Waals surface area contributed by atoms with Gasteiger partial charge in [0.2, 0.25) is 0 Å². The van der Waals surface area contributed by atoms with E-state index in [-0.39, 0.29) is 23.5 Å². The molecule has 2 heterocycles. The minimum absolute atomic E-state index is 0.0494. The maximum absolute atomic E-state index is 12.8. The van der Waals surface area contributed by atoms with Crippen LogP contribution in [0, 0.1) is 12.3 Å². The summed E-state index contributed by atoms with van der Waals surface area (Å²) in [5.41, 5.74) is 1.34. The molecule has 0 bridgehead atoms. The second kappa shape index (κ2) is 5.60. The van der Waals surface area contributed by atoms with Crippen LogP contribution in [0.1, 0.15) is 35.4 Å². The van der Waals surface area contributed by atoms with Crippen LogP contribution in [-0.2, 0) is 4.74 Å². The predicted molar refractivity (Wildman–Crippen MR) is 89.9 cm³/mol. The van der Waals surface area contributed by atoms with Gasteiger partial charge >= 0.3 is 0 Å². The average Bonchev–Trinajstić information content (AvgIpc) is 2.98. The summed E-state index contributed by atoms with van der Waals surface area (Å²) in [4.78, 5) is 14.7. The van der Waals surface area contributed by atoms with Crippen LogP contribution in [0.15, 0.2) is 28.7 Å². The highest BCUT2D eigenvalue weighted by Crippen LogP contribution is 2.50. The van der Waals surface area contributed by atoms with E-state index in [1.807, 2.05) is 36.1 Å². The van der Waals surface area contributed by atoms with Crippen molar-refractivity contribution in [2.24, 2.45) is 5.41 Å². The molecule has 2 aliphatic rings. The second-order valence-electron chi connectivity index (χ2n) is 7.11. The number of carbonyl (C=O) groups is 1.